The number of carbonyl (C=O) groups excluding carboxylic acids is 1. The lowest BCUT2D eigenvalue weighted by Gasteiger charge is -2.30. The number of hydrogen-bond acceptors (Lipinski definition) is 2. The Labute approximate surface area is 130 Å². The Kier molecular flexibility index (Phi) is 4.29. The van der Waals surface area contributed by atoms with Crippen molar-refractivity contribution in [2.24, 2.45) is 5.73 Å². The molecule has 4 nitrogen and oxygen atoms in total. The normalized spacial score (nSPS) is 21.8. The molecule has 1 aliphatic carbocycles. The van der Waals surface area contributed by atoms with E-state index in [1.54, 1.807) is 0 Å². The maximum absolute atomic E-state index is 11.6. The quantitative estimate of drug-likeness (QED) is 0.742. The minimum atomic E-state index is -0.381. The number of aromatic nitrogens is 1. The van der Waals surface area contributed by atoms with Crippen LogP contribution in [0.2, 0.25) is 0 Å². The van der Waals surface area contributed by atoms with Crippen molar-refractivity contribution < 1.29 is 4.79 Å². The van der Waals surface area contributed by atoms with Gasteiger partial charge in [0.05, 0.1) is 11.1 Å². The summed E-state index contributed by atoms with van der Waals surface area (Å²) in [6.45, 7) is 4.63. The molecular formula is C18H23N3O. The molecule has 22 heavy (non-hydrogen) atoms. The van der Waals surface area contributed by atoms with Crippen molar-refractivity contribution in [3.8, 4) is 0 Å². The molecule has 2 aromatic rings. The zero-order valence-electron chi connectivity index (χ0n) is 12.8. The van der Waals surface area contributed by atoms with E-state index in [0.717, 1.165) is 23.9 Å². The first kappa shape index (κ1) is 14.9. The molecule has 0 bridgehead atoms. The lowest BCUT2D eigenvalue weighted by molar-refractivity contribution is 0.100. The maximum atomic E-state index is 11.6. The molecule has 0 spiro atoms. The van der Waals surface area contributed by atoms with E-state index < -0.39 is 0 Å². The Balaban J connectivity index is 1.90. The third-order valence-electron chi connectivity index (χ3n) is 4.69. The summed E-state index contributed by atoms with van der Waals surface area (Å²) in [4.78, 5) is 14.7. The molecule has 1 saturated carbocycles. The third-order valence-corrected chi connectivity index (χ3v) is 4.69. The number of nitrogens with two attached hydrogens (primary N) is 1. The van der Waals surface area contributed by atoms with Gasteiger partial charge in [0.25, 0.3) is 5.91 Å². The average Bonchev–Trinajstić information content (AvgIpc) is 3.01. The summed E-state index contributed by atoms with van der Waals surface area (Å²) in [6.07, 6.45) is 8.57. The average molecular weight is 297 g/mol. The molecule has 1 fully saturated rings. The number of carbonyl (C=O) groups is 1. The highest BCUT2D eigenvalue weighted by molar-refractivity contribution is 6.05. The van der Waals surface area contributed by atoms with E-state index in [2.05, 4.69) is 29.0 Å². The van der Waals surface area contributed by atoms with Gasteiger partial charge in [-0.1, -0.05) is 18.6 Å². The van der Waals surface area contributed by atoms with Gasteiger partial charge in [-0.2, -0.15) is 0 Å². The van der Waals surface area contributed by atoms with E-state index >= 15 is 0 Å². The minimum Gasteiger partial charge on any atom is -0.366 e. The highest BCUT2D eigenvalue weighted by atomic mass is 16.1. The summed E-state index contributed by atoms with van der Waals surface area (Å²) in [5, 5.41) is 4.67. The fourth-order valence-corrected chi connectivity index (χ4v) is 3.65. The molecule has 0 radical (unpaired) electrons. The molecule has 1 amide bonds. The minimum absolute atomic E-state index is 0.381. The van der Waals surface area contributed by atoms with Crippen molar-refractivity contribution in [3.05, 3.63) is 48.2 Å². The predicted molar refractivity (Wildman–Crippen MR) is 90.0 cm³/mol. The van der Waals surface area contributed by atoms with Crippen LogP contribution in [0.4, 0.5) is 0 Å². The Bertz CT molecular complexity index is 689. The number of hydrogen-bond donors (Lipinski definition) is 3. The van der Waals surface area contributed by atoms with Crippen LogP contribution in [0.3, 0.4) is 0 Å². The molecule has 1 aliphatic rings. The molecular weight excluding hydrogens is 274 g/mol. The van der Waals surface area contributed by atoms with Gasteiger partial charge in [-0.15, -0.1) is 6.58 Å². The molecule has 0 aliphatic heterocycles. The van der Waals surface area contributed by atoms with Crippen molar-refractivity contribution in [2.45, 2.75) is 37.6 Å². The lowest BCUT2D eigenvalue weighted by Crippen LogP contribution is -2.33. The zero-order chi connectivity index (χ0) is 15.5. The summed E-state index contributed by atoms with van der Waals surface area (Å²) in [6, 6.07) is 6.54. The molecule has 4 N–H and O–H groups in total. The van der Waals surface area contributed by atoms with Crippen LogP contribution in [0, 0.1) is 0 Å². The van der Waals surface area contributed by atoms with Crippen molar-refractivity contribution >= 4 is 16.8 Å². The largest absolute Gasteiger partial charge is 0.366 e. The summed E-state index contributed by atoms with van der Waals surface area (Å²) in [5.74, 6) is 0.143. The third kappa shape index (κ3) is 2.79. The van der Waals surface area contributed by atoms with Gasteiger partial charge in [0.15, 0.2) is 0 Å². The number of fused-ring (bicyclic) bond motifs is 1. The van der Waals surface area contributed by atoms with E-state index in [0.29, 0.717) is 17.5 Å². The second-order valence-corrected chi connectivity index (χ2v) is 6.09. The standard InChI is InChI=1S/C18H23N3O/c1-2-9-20-13-5-3-4-12(11-13)14-6-7-16(18(19)22)17-15(14)8-10-21-17/h2,6-8,10,12-13,20-21H,1,3-5,9,11H2,(H2,19,22)/t12-,13+/m1/s1. The van der Waals surface area contributed by atoms with Crippen LogP contribution in [0.25, 0.3) is 10.9 Å². The van der Waals surface area contributed by atoms with Crippen LogP contribution < -0.4 is 11.1 Å². The van der Waals surface area contributed by atoms with E-state index in [1.165, 1.54) is 24.8 Å². The van der Waals surface area contributed by atoms with Crippen LogP contribution in [-0.2, 0) is 0 Å². The number of H-pyrrole nitrogens is 1. The molecule has 0 unspecified atom stereocenters. The molecule has 3 rings (SSSR count). The summed E-state index contributed by atoms with van der Waals surface area (Å²) in [5.41, 5.74) is 8.23. The Hall–Kier alpha value is -2.07. The van der Waals surface area contributed by atoms with E-state index in [1.807, 2.05) is 18.3 Å². The highest BCUT2D eigenvalue weighted by Crippen LogP contribution is 2.37. The fraction of sp³-hybridized carbons (Fsp3) is 0.389. The van der Waals surface area contributed by atoms with Crippen molar-refractivity contribution in [2.75, 3.05) is 6.54 Å². The second kappa shape index (κ2) is 6.36. The molecule has 116 valence electrons. The number of aromatic amines is 1. The summed E-state index contributed by atoms with van der Waals surface area (Å²) in [7, 11) is 0. The molecule has 1 aromatic heterocycles. The van der Waals surface area contributed by atoms with Crippen LogP contribution in [0.5, 0.6) is 0 Å². The van der Waals surface area contributed by atoms with Crippen molar-refractivity contribution in [1.82, 2.24) is 10.3 Å². The van der Waals surface area contributed by atoms with E-state index in [-0.39, 0.29) is 5.91 Å². The SMILES string of the molecule is C=CCN[C@H]1CCC[C@@H](c2ccc(C(N)=O)c3[nH]ccc23)C1. The van der Waals surface area contributed by atoms with Crippen molar-refractivity contribution in [3.63, 3.8) is 0 Å². The summed E-state index contributed by atoms with van der Waals surface area (Å²) >= 11 is 0. The smallest absolute Gasteiger partial charge is 0.250 e. The number of benzene rings is 1. The predicted octanol–water partition coefficient (Wildman–Crippen LogP) is 3.07. The van der Waals surface area contributed by atoms with Crippen molar-refractivity contribution in [1.29, 1.82) is 0 Å². The van der Waals surface area contributed by atoms with Crippen LogP contribution in [0.15, 0.2) is 37.1 Å². The lowest BCUT2D eigenvalue weighted by atomic mass is 9.80. The first-order chi connectivity index (χ1) is 10.7. The van der Waals surface area contributed by atoms with Gasteiger partial charge in [-0.3, -0.25) is 4.79 Å². The first-order valence-corrected chi connectivity index (χ1v) is 7.94. The number of primary amides is 1. The maximum Gasteiger partial charge on any atom is 0.250 e. The second-order valence-electron chi connectivity index (χ2n) is 6.09. The van der Waals surface area contributed by atoms with E-state index in [9.17, 15) is 4.79 Å². The van der Waals surface area contributed by atoms with Crippen LogP contribution in [0.1, 0.15) is 47.5 Å². The van der Waals surface area contributed by atoms with Gasteiger partial charge in [-0.25, -0.2) is 0 Å². The van der Waals surface area contributed by atoms with Gasteiger partial charge >= 0.3 is 0 Å². The molecule has 4 heteroatoms. The molecule has 1 aromatic carbocycles. The summed E-state index contributed by atoms with van der Waals surface area (Å²) < 4.78 is 0. The van der Waals surface area contributed by atoms with E-state index in [4.69, 9.17) is 5.73 Å². The number of nitrogens with one attached hydrogen (secondary N) is 2. The molecule has 0 saturated heterocycles. The topological polar surface area (TPSA) is 70.9 Å². The monoisotopic (exact) mass is 297 g/mol. The highest BCUT2D eigenvalue weighted by Gasteiger charge is 2.25. The molecule has 2 atom stereocenters. The number of rotatable bonds is 5. The van der Waals surface area contributed by atoms with Gasteiger partial charge < -0.3 is 16.0 Å². The van der Waals surface area contributed by atoms with Gasteiger partial charge in [-0.05, 0) is 42.9 Å². The molecule has 1 heterocycles. The van der Waals surface area contributed by atoms with Gasteiger partial charge in [0.1, 0.15) is 0 Å². The Morgan fingerprint density at radius 2 is 2.27 bits per heavy atom. The first-order valence-electron chi connectivity index (χ1n) is 7.94. The Morgan fingerprint density at radius 1 is 1.41 bits per heavy atom. The van der Waals surface area contributed by atoms with Gasteiger partial charge in [0.2, 0.25) is 0 Å². The fourth-order valence-electron chi connectivity index (χ4n) is 3.65. The van der Waals surface area contributed by atoms with Gasteiger partial charge in [0, 0.05) is 24.2 Å². The van der Waals surface area contributed by atoms with Crippen LogP contribution >= 0.6 is 0 Å². The zero-order valence-corrected chi connectivity index (χ0v) is 12.8. The Morgan fingerprint density at radius 3 is 3.05 bits per heavy atom. The van der Waals surface area contributed by atoms with Crippen LogP contribution in [-0.4, -0.2) is 23.5 Å². The number of amides is 1.